The minimum absolute atomic E-state index is 0.0886. The van der Waals surface area contributed by atoms with Crippen LogP contribution in [0.1, 0.15) is 70.1 Å². The Morgan fingerprint density at radius 1 is 1.10 bits per heavy atom. The van der Waals surface area contributed by atoms with Crippen LogP contribution in [0.15, 0.2) is 42.7 Å². The van der Waals surface area contributed by atoms with E-state index in [0.29, 0.717) is 11.4 Å². The number of carbonyl (C=O) groups excluding carboxylic acids is 3. The van der Waals surface area contributed by atoms with E-state index < -0.39 is 62.2 Å². The van der Waals surface area contributed by atoms with Crippen LogP contribution >= 0.6 is 7.75 Å². The van der Waals surface area contributed by atoms with Gasteiger partial charge < -0.3 is 29.2 Å². The first-order valence-corrected chi connectivity index (χ1v) is 17.5. The average molecular weight is 697 g/mol. The highest BCUT2D eigenvalue weighted by Crippen LogP contribution is 2.49. The minimum atomic E-state index is -4.43. The zero-order valence-corrected chi connectivity index (χ0v) is 28.0. The highest BCUT2D eigenvalue weighted by molar-refractivity contribution is 7.52. The normalized spacial score (nSPS) is 25.4. The molecule has 3 fully saturated rings. The summed E-state index contributed by atoms with van der Waals surface area (Å²) in [5.41, 5.74) is 5.43. The van der Waals surface area contributed by atoms with Crippen LogP contribution in [-0.2, 0) is 48.0 Å². The molecule has 2 aromatic heterocycles. The molecule has 6 rings (SSSR count). The number of nitrogens with one attached hydrogen (secondary N) is 1. The molecule has 3 aromatic rings. The summed E-state index contributed by atoms with van der Waals surface area (Å²) in [6.07, 6.45) is 1.24. The fourth-order valence-corrected chi connectivity index (χ4v) is 7.34. The van der Waals surface area contributed by atoms with Crippen LogP contribution in [0.4, 0.5) is 5.82 Å². The largest absolute Gasteiger partial charge is 0.461 e. The number of hydrogen-bond acceptors (Lipinski definition) is 14. The summed E-state index contributed by atoms with van der Waals surface area (Å²) in [5.74, 6) is -1.45. The van der Waals surface area contributed by atoms with E-state index in [2.05, 4.69) is 21.2 Å². The van der Waals surface area contributed by atoms with Crippen LogP contribution in [0, 0.1) is 11.3 Å². The van der Waals surface area contributed by atoms with Crippen LogP contribution < -0.4 is 15.3 Å². The van der Waals surface area contributed by atoms with Crippen molar-refractivity contribution < 1.29 is 46.9 Å². The third kappa shape index (κ3) is 7.25. The average Bonchev–Trinajstić information content (AvgIpc) is 3.73. The molecular formula is C32H37N6O10P. The van der Waals surface area contributed by atoms with Gasteiger partial charge in [0.1, 0.15) is 41.9 Å². The molecule has 1 unspecified atom stereocenters. The molecule has 1 saturated heterocycles. The van der Waals surface area contributed by atoms with Crippen molar-refractivity contribution in [1.29, 1.82) is 5.26 Å². The molecule has 3 N–H and O–H groups in total. The Hall–Kier alpha value is -4.55. The lowest BCUT2D eigenvalue weighted by atomic mass is 9.92. The number of rotatable bonds is 13. The summed E-state index contributed by atoms with van der Waals surface area (Å²) in [7, 11) is -4.43. The lowest BCUT2D eigenvalue weighted by molar-refractivity contribution is -0.166. The van der Waals surface area contributed by atoms with Gasteiger partial charge in [0.05, 0.1) is 12.3 Å². The Morgan fingerprint density at radius 2 is 1.82 bits per heavy atom. The second-order valence-electron chi connectivity index (χ2n) is 12.3. The second-order valence-corrected chi connectivity index (χ2v) is 14.0. The van der Waals surface area contributed by atoms with E-state index in [1.165, 1.54) is 23.8 Å². The molecule has 260 valence electrons. The zero-order valence-electron chi connectivity index (χ0n) is 27.1. The Kier molecular flexibility index (Phi) is 9.63. The molecule has 0 radical (unpaired) electrons. The van der Waals surface area contributed by atoms with Gasteiger partial charge >= 0.3 is 25.7 Å². The molecule has 0 spiro atoms. The standard InChI is InChI=1S/C32H37N6O10P/c1-18(31(41)46-23-5-4-6-23)37-49(42,48-24-11-9-22(10-12-24)21-7-8-21)43-15-26-28(44-19(2)39)29(45-20(3)40)32(16-33,47-26)27-14-13-25-30(34)35-17-36-38(25)27/h9-14,17-18,21,23,26,28-29H,4-8,15H2,1-3H3,(H,37,42)(H2,34,35,36)/t18-,26+,28+,29+,32-,49?/m0/s1. The van der Waals surface area contributed by atoms with Crippen LogP contribution in [0.5, 0.6) is 5.75 Å². The number of nitrogens with two attached hydrogens (primary N) is 1. The summed E-state index contributed by atoms with van der Waals surface area (Å²) >= 11 is 0. The number of anilines is 1. The van der Waals surface area contributed by atoms with Crippen molar-refractivity contribution in [3.05, 3.63) is 54.0 Å². The lowest BCUT2D eigenvalue weighted by Crippen LogP contribution is -2.45. The van der Waals surface area contributed by atoms with Crippen molar-refractivity contribution in [2.45, 2.75) is 94.9 Å². The van der Waals surface area contributed by atoms with Gasteiger partial charge in [-0.15, -0.1) is 0 Å². The van der Waals surface area contributed by atoms with E-state index in [4.69, 9.17) is 33.7 Å². The number of benzene rings is 1. The number of nitriles is 1. The second kappa shape index (κ2) is 13.8. The Balaban J connectivity index is 1.31. The predicted octanol–water partition coefficient (Wildman–Crippen LogP) is 3.45. The van der Waals surface area contributed by atoms with Crippen LogP contribution in [0.25, 0.3) is 5.52 Å². The highest BCUT2D eigenvalue weighted by atomic mass is 31.2. The third-order valence-corrected chi connectivity index (χ3v) is 10.3. The molecule has 17 heteroatoms. The molecule has 16 nitrogen and oxygen atoms in total. The molecule has 3 aliphatic rings. The number of ether oxygens (including phenoxy) is 4. The molecule has 1 aromatic carbocycles. The van der Waals surface area contributed by atoms with Gasteiger partial charge in [-0.3, -0.25) is 18.9 Å². The molecule has 2 saturated carbocycles. The van der Waals surface area contributed by atoms with Gasteiger partial charge in [-0.2, -0.15) is 15.4 Å². The van der Waals surface area contributed by atoms with Gasteiger partial charge in [0.25, 0.3) is 0 Å². The van der Waals surface area contributed by atoms with E-state index in [1.807, 2.05) is 12.1 Å². The number of carbonyl (C=O) groups is 3. The van der Waals surface area contributed by atoms with Crippen molar-refractivity contribution in [2.24, 2.45) is 0 Å². The quantitative estimate of drug-likeness (QED) is 0.149. The lowest BCUT2D eigenvalue weighted by Gasteiger charge is -2.28. The van der Waals surface area contributed by atoms with Crippen molar-refractivity contribution in [3.8, 4) is 11.8 Å². The fourth-order valence-electron chi connectivity index (χ4n) is 5.84. The van der Waals surface area contributed by atoms with E-state index in [9.17, 15) is 24.2 Å². The maximum atomic E-state index is 14.4. The molecule has 6 atom stereocenters. The van der Waals surface area contributed by atoms with Gasteiger partial charge in [-0.1, -0.05) is 12.1 Å². The van der Waals surface area contributed by atoms with Gasteiger partial charge in [0.15, 0.2) is 18.0 Å². The summed E-state index contributed by atoms with van der Waals surface area (Å²) in [5, 5.41) is 17.5. The summed E-state index contributed by atoms with van der Waals surface area (Å²) < 4.78 is 50.4. The molecule has 49 heavy (non-hydrogen) atoms. The molecular weight excluding hydrogens is 659 g/mol. The van der Waals surface area contributed by atoms with Crippen LogP contribution in [-0.4, -0.2) is 69.6 Å². The summed E-state index contributed by atoms with van der Waals surface area (Å²) in [4.78, 5) is 41.6. The van der Waals surface area contributed by atoms with E-state index in [-0.39, 0.29) is 23.4 Å². The van der Waals surface area contributed by atoms with E-state index >= 15 is 0 Å². The van der Waals surface area contributed by atoms with E-state index in [1.54, 1.807) is 18.2 Å². The van der Waals surface area contributed by atoms with Crippen molar-refractivity contribution in [1.82, 2.24) is 19.7 Å². The van der Waals surface area contributed by atoms with Crippen molar-refractivity contribution in [3.63, 3.8) is 0 Å². The van der Waals surface area contributed by atoms with E-state index in [0.717, 1.165) is 51.5 Å². The molecule has 3 heterocycles. The highest BCUT2D eigenvalue weighted by Gasteiger charge is 2.62. The number of nitrogens with zero attached hydrogens (tertiary/aromatic N) is 4. The van der Waals surface area contributed by atoms with Gasteiger partial charge in [-0.05, 0) is 74.8 Å². The smallest absolute Gasteiger partial charge is 0.459 e. The Morgan fingerprint density at radius 3 is 2.43 bits per heavy atom. The molecule has 1 aliphatic heterocycles. The number of esters is 3. The third-order valence-electron chi connectivity index (χ3n) is 8.63. The van der Waals surface area contributed by atoms with Gasteiger partial charge in [0, 0.05) is 13.8 Å². The molecule has 2 aliphatic carbocycles. The number of hydrogen-bond donors (Lipinski definition) is 2. The first-order valence-electron chi connectivity index (χ1n) is 16.0. The Labute approximate surface area is 281 Å². The molecule has 0 amide bonds. The number of fused-ring (bicyclic) bond motifs is 1. The van der Waals surface area contributed by atoms with Crippen molar-refractivity contribution >= 4 is 37.0 Å². The Bertz CT molecular complexity index is 1820. The van der Waals surface area contributed by atoms with Crippen molar-refractivity contribution in [2.75, 3.05) is 12.3 Å². The zero-order chi connectivity index (χ0) is 34.9. The predicted molar refractivity (Wildman–Crippen MR) is 170 cm³/mol. The number of nitrogen functional groups attached to an aromatic ring is 1. The van der Waals surface area contributed by atoms with Gasteiger partial charge in [0.2, 0.25) is 5.60 Å². The first-order chi connectivity index (χ1) is 23.4. The first kappa shape index (κ1) is 34.3. The number of aromatic nitrogens is 3. The van der Waals surface area contributed by atoms with Crippen LogP contribution in [0.2, 0.25) is 0 Å². The fraction of sp³-hybridized carbons (Fsp3) is 0.500. The topological polar surface area (TPSA) is 216 Å². The summed E-state index contributed by atoms with van der Waals surface area (Å²) in [6, 6.07) is 11.0. The maximum absolute atomic E-state index is 14.4. The van der Waals surface area contributed by atoms with Crippen LogP contribution in [0.3, 0.4) is 0 Å². The monoisotopic (exact) mass is 696 g/mol. The molecule has 0 bridgehead atoms. The summed E-state index contributed by atoms with van der Waals surface area (Å²) in [6.45, 7) is 3.10. The maximum Gasteiger partial charge on any atom is 0.459 e. The minimum Gasteiger partial charge on any atom is -0.461 e. The van der Waals surface area contributed by atoms with Gasteiger partial charge in [-0.25, -0.2) is 14.1 Å². The SMILES string of the molecule is CC(=O)O[C@H]1[C@@H](OC(C)=O)[C@](C#N)(c2ccc3c(N)ncnn23)O[C@@H]1COP(=O)(N[C@@H](C)C(=O)OC1CCC1)Oc1ccc(C2CC2)cc1.